The van der Waals surface area contributed by atoms with E-state index in [4.69, 9.17) is 16.0 Å². The summed E-state index contributed by atoms with van der Waals surface area (Å²) in [6.45, 7) is 1.30. The highest BCUT2D eigenvalue weighted by Crippen LogP contribution is 2.28. The van der Waals surface area contributed by atoms with E-state index in [-0.39, 0.29) is 11.9 Å². The molecule has 146 valence electrons. The number of hydrogen-bond donors (Lipinski definition) is 1. The Kier molecular flexibility index (Phi) is 4.73. The third-order valence-corrected chi connectivity index (χ3v) is 6.06. The van der Waals surface area contributed by atoms with Crippen molar-refractivity contribution in [1.29, 1.82) is 0 Å². The van der Waals surface area contributed by atoms with Gasteiger partial charge in [-0.05, 0) is 52.6 Å². The fraction of sp³-hybridized carbons (Fsp3) is 0.182. The monoisotopic (exact) mass is 423 g/mol. The van der Waals surface area contributed by atoms with Gasteiger partial charge in [-0.15, -0.1) is 0 Å². The molecule has 2 aromatic heterocycles. The lowest BCUT2D eigenvalue weighted by atomic mass is 10.0. The summed E-state index contributed by atoms with van der Waals surface area (Å²) in [6.07, 6.45) is 0.839. The van der Waals surface area contributed by atoms with Crippen molar-refractivity contribution in [3.63, 3.8) is 0 Å². The molecule has 1 fully saturated rings. The maximum absolute atomic E-state index is 13.2. The number of benzene rings is 2. The molecule has 1 amide bonds. The molecule has 5 nitrogen and oxygen atoms in total. The number of rotatable bonds is 4. The largest absolute Gasteiger partial charge is 0.423 e. The molecule has 0 spiro atoms. The van der Waals surface area contributed by atoms with Crippen molar-refractivity contribution >= 4 is 46.0 Å². The van der Waals surface area contributed by atoms with Crippen molar-refractivity contribution in [2.24, 2.45) is 0 Å². The Bertz CT molecular complexity index is 1170. The van der Waals surface area contributed by atoms with E-state index in [1.54, 1.807) is 23.5 Å². The predicted molar refractivity (Wildman–Crippen MR) is 117 cm³/mol. The normalized spacial score (nSPS) is 16.4. The number of aromatic nitrogens is 1. The second-order valence-corrected chi connectivity index (χ2v) is 8.29. The third-order valence-electron chi connectivity index (χ3n) is 5.14. The summed E-state index contributed by atoms with van der Waals surface area (Å²) in [6, 6.07) is 15.8. The minimum atomic E-state index is 0.0560. The molecule has 1 aliphatic rings. The van der Waals surface area contributed by atoms with Crippen LogP contribution in [0.2, 0.25) is 5.02 Å². The Hall–Kier alpha value is -2.83. The van der Waals surface area contributed by atoms with Crippen molar-refractivity contribution < 1.29 is 9.21 Å². The van der Waals surface area contributed by atoms with Crippen LogP contribution in [-0.2, 0) is 0 Å². The number of nitrogens with zero attached hydrogens (tertiary/aromatic N) is 2. The van der Waals surface area contributed by atoms with Crippen LogP contribution in [0, 0.1) is 0 Å². The van der Waals surface area contributed by atoms with E-state index >= 15 is 0 Å². The van der Waals surface area contributed by atoms with Crippen LogP contribution in [0.3, 0.4) is 0 Å². The minimum absolute atomic E-state index is 0.0560. The molecule has 29 heavy (non-hydrogen) atoms. The average Bonchev–Trinajstić information content (AvgIpc) is 3.48. The molecule has 1 atom stereocenters. The van der Waals surface area contributed by atoms with Gasteiger partial charge in [0, 0.05) is 35.8 Å². The molecule has 1 N–H and O–H groups in total. The molecule has 1 saturated heterocycles. The zero-order valence-electron chi connectivity index (χ0n) is 15.5. The lowest BCUT2D eigenvalue weighted by Gasteiger charge is -2.18. The van der Waals surface area contributed by atoms with Crippen LogP contribution >= 0.6 is 22.9 Å². The van der Waals surface area contributed by atoms with Crippen LogP contribution in [0.5, 0.6) is 0 Å². The van der Waals surface area contributed by atoms with Gasteiger partial charge in [0.05, 0.1) is 0 Å². The van der Waals surface area contributed by atoms with Crippen LogP contribution in [0.25, 0.3) is 22.2 Å². The number of fused-ring (bicyclic) bond motifs is 1. The second-order valence-electron chi connectivity index (χ2n) is 7.07. The maximum atomic E-state index is 13.2. The highest BCUT2D eigenvalue weighted by Gasteiger charge is 2.29. The Balaban J connectivity index is 1.31. The molecule has 2 aromatic carbocycles. The molecule has 0 radical (unpaired) electrons. The molecule has 7 heteroatoms. The van der Waals surface area contributed by atoms with Gasteiger partial charge < -0.3 is 14.6 Å². The van der Waals surface area contributed by atoms with Crippen LogP contribution in [-0.4, -0.2) is 34.9 Å². The number of halogens is 1. The van der Waals surface area contributed by atoms with E-state index in [1.165, 1.54) is 0 Å². The van der Waals surface area contributed by atoms with E-state index in [0.29, 0.717) is 29.7 Å². The third kappa shape index (κ3) is 3.61. The number of carbonyl (C=O) groups is 1. The van der Waals surface area contributed by atoms with E-state index < -0.39 is 0 Å². The SMILES string of the molecule is O=C(c1ccccc1-c1ccsc1)N1CCC(Nc2nc3ccc(Cl)cc3o2)C1. The van der Waals surface area contributed by atoms with Crippen molar-refractivity contribution in [2.45, 2.75) is 12.5 Å². The number of carbonyl (C=O) groups excluding carboxylic acids is 1. The summed E-state index contributed by atoms with van der Waals surface area (Å²) in [5.74, 6) is 0.0560. The summed E-state index contributed by atoms with van der Waals surface area (Å²) in [5.41, 5.74) is 4.20. The molecule has 0 aliphatic carbocycles. The van der Waals surface area contributed by atoms with E-state index in [2.05, 4.69) is 15.7 Å². The lowest BCUT2D eigenvalue weighted by molar-refractivity contribution is 0.0792. The highest BCUT2D eigenvalue weighted by molar-refractivity contribution is 7.08. The smallest absolute Gasteiger partial charge is 0.295 e. The Morgan fingerprint density at radius 1 is 1.24 bits per heavy atom. The average molecular weight is 424 g/mol. The summed E-state index contributed by atoms with van der Waals surface area (Å²) in [4.78, 5) is 19.5. The summed E-state index contributed by atoms with van der Waals surface area (Å²) in [5, 5.41) is 8.03. The van der Waals surface area contributed by atoms with Gasteiger partial charge in [-0.2, -0.15) is 16.3 Å². The lowest BCUT2D eigenvalue weighted by Crippen LogP contribution is -2.31. The molecule has 4 aromatic rings. The first-order chi connectivity index (χ1) is 14.2. The molecule has 0 bridgehead atoms. The standard InChI is InChI=1S/C22H18ClN3O2S/c23-15-5-6-19-20(11-15)28-22(25-19)24-16-7-9-26(12-16)21(27)18-4-2-1-3-17(18)14-8-10-29-13-14/h1-6,8,10-11,13,16H,7,9,12H2,(H,24,25). The van der Waals surface area contributed by atoms with E-state index in [9.17, 15) is 4.79 Å². The Morgan fingerprint density at radius 2 is 2.14 bits per heavy atom. The number of oxazole rings is 1. The number of likely N-dealkylation sites (tertiary alicyclic amines) is 1. The fourth-order valence-corrected chi connectivity index (χ4v) is 4.52. The van der Waals surface area contributed by atoms with Crippen LogP contribution < -0.4 is 5.32 Å². The second kappa shape index (κ2) is 7.54. The predicted octanol–water partition coefficient (Wildman–Crippen LogP) is 5.54. The van der Waals surface area contributed by atoms with Gasteiger partial charge in [0.1, 0.15) is 5.52 Å². The first-order valence-electron chi connectivity index (χ1n) is 9.41. The van der Waals surface area contributed by atoms with Crippen molar-refractivity contribution in [1.82, 2.24) is 9.88 Å². The van der Waals surface area contributed by atoms with Crippen LogP contribution in [0.15, 0.2) is 63.7 Å². The van der Waals surface area contributed by atoms with Crippen molar-refractivity contribution in [3.8, 4) is 11.1 Å². The molecule has 1 aliphatic heterocycles. The van der Waals surface area contributed by atoms with Gasteiger partial charge in [0.25, 0.3) is 11.9 Å². The van der Waals surface area contributed by atoms with Gasteiger partial charge in [0.2, 0.25) is 0 Å². The van der Waals surface area contributed by atoms with Gasteiger partial charge in [0.15, 0.2) is 5.58 Å². The van der Waals surface area contributed by atoms with E-state index in [1.807, 2.05) is 46.7 Å². The summed E-state index contributed by atoms with van der Waals surface area (Å²) >= 11 is 7.64. The van der Waals surface area contributed by atoms with Crippen LogP contribution in [0.1, 0.15) is 16.8 Å². The molecular weight excluding hydrogens is 406 g/mol. The summed E-state index contributed by atoms with van der Waals surface area (Å²) < 4.78 is 5.75. The van der Waals surface area contributed by atoms with Crippen molar-refractivity contribution in [2.75, 3.05) is 18.4 Å². The van der Waals surface area contributed by atoms with E-state index in [0.717, 1.165) is 28.6 Å². The molecule has 1 unspecified atom stereocenters. The molecule has 5 rings (SSSR count). The highest BCUT2D eigenvalue weighted by atomic mass is 35.5. The molecule has 0 saturated carbocycles. The zero-order valence-corrected chi connectivity index (χ0v) is 17.0. The number of anilines is 1. The van der Waals surface area contributed by atoms with Crippen molar-refractivity contribution in [3.05, 3.63) is 69.9 Å². The molecule has 3 heterocycles. The van der Waals surface area contributed by atoms with Gasteiger partial charge >= 0.3 is 0 Å². The number of amides is 1. The number of nitrogens with one attached hydrogen (secondary N) is 1. The first kappa shape index (κ1) is 18.2. The van der Waals surface area contributed by atoms with Gasteiger partial charge in [-0.1, -0.05) is 29.8 Å². The molecular formula is C22H18ClN3O2S. The van der Waals surface area contributed by atoms with Crippen LogP contribution in [0.4, 0.5) is 6.01 Å². The zero-order chi connectivity index (χ0) is 19.8. The Morgan fingerprint density at radius 3 is 3.00 bits per heavy atom. The number of thiophene rings is 1. The van der Waals surface area contributed by atoms with Gasteiger partial charge in [-0.3, -0.25) is 4.79 Å². The fourth-order valence-electron chi connectivity index (χ4n) is 3.71. The summed E-state index contributed by atoms with van der Waals surface area (Å²) in [7, 11) is 0. The Labute approximate surface area is 176 Å². The first-order valence-corrected chi connectivity index (χ1v) is 10.7. The minimum Gasteiger partial charge on any atom is -0.423 e. The quantitative estimate of drug-likeness (QED) is 0.468. The number of hydrogen-bond acceptors (Lipinski definition) is 5. The topological polar surface area (TPSA) is 58.4 Å². The van der Waals surface area contributed by atoms with Gasteiger partial charge in [-0.25, -0.2) is 0 Å². The maximum Gasteiger partial charge on any atom is 0.295 e.